The molecule has 0 saturated carbocycles. The summed E-state index contributed by atoms with van der Waals surface area (Å²) in [6.45, 7) is 29.3. The zero-order chi connectivity index (χ0) is 47.4. The van der Waals surface area contributed by atoms with Crippen molar-refractivity contribution < 1.29 is 20.1 Å². The third-order valence-electron chi connectivity index (χ3n) is 13.0. The third-order valence-corrected chi connectivity index (χ3v) is 13.0. The number of benzene rings is 5. The van der Waals surface area contributed by atoms with Gasteiger partial charge in [0.05, 0.1) is 22.6 Å². The van der Waals surface area contributed by atoms with Crippen molar-refractivity contribution in [1.29, 1.82) is 0 Å². The molecule has 0 N–H and O–H groups in total. The summed E-state index contributed by atoms with van der Waals surface area (Å²) in [6.07, 6.45) is 5.90. The van der Waals surface area contributed by atoms with Crippen molar-refractivity contribution >= 4 is 0 Å². The smallest absolute Gasteiger partial charge is 0.340 e. The molecule has 0 aliphatic heterocycles. The minimum atomic E-state index is -0.588. The van der Waals surface area contributed by atoms with Crippen LogP contribution < -0.4 is 0 Å². The van der Waals surface area contributed by atoms with E-state index in [9.17, 15) is 0 Å². The Morgan fingerprint density at radius 1 is 0.493 bits per heavy atom. The van der Waals surface area contributed by atoms with Gasteiger partial charge in [0.1, 0.15) is 0 Å². The topological polar surface area (TPSA) is 43.6 Å². The van der Waals surface area contributed by atoms with E-state index >= 15 is 0 Å². The molecule has 0 radical (unpaired) electrons. The van der Waals surface area contributed by atoms with Crippen molar-refractivity contribution in [2.75, 3.05) is 0 Å². The van der Waals surface area contributed by atoms with Crippen molar-refractivity contribution in [1.82, 2.24) is 19.5 Å². The van der Waals surface area contributed by atoms with E-state index in [2.05, 4.69) is 221 Å². The molecule has 1 unspecified atom stereocenters. The standard InChI is InChI=1S/C35H40N2.C27H27N2.Ir/c1-32(2,3)27-20-21-36-30(22-27)35(9,26-18-14-11-15-19-26)31-24-28(33(4,5)6)23-29(37-31)34(7,8)25-16-12-10-13-17-25;1-19(2)24-17-23(21-11-7-5-8-12-21)18-25(20(3)4)26(24)29-16-15-28-27(29)22-13-9-6-10-14-22;/h10-16,18,20-24H,1-9H3;5-13,15-20H,1-4H3;/q-2;-1;+3. The van der Waals surface area contributed by atoms with Crippen LogP contribution in [0.5, 0.6) is 0 Å². The summed E-state index contributed by atoms with van der Waals surface area (Å²) in [5, 5.41) is 0. The second kappa shape index (κ2) is 20.6. The summed E-state index contributed by atoms with van der Waals surface area (Å²) in [5.41, 5.74) is 14.2. The molecule has 5 aromatic carbocycles. The van der Waals surface area contributed by atoms with E-state index in [1.165, 1.54) is 39.1 Å². The van der Waals surface area contributed by atoms with E-state index < -0.39 is 5.41 Å². The maximum Gasteiger partial charge on any atom is 3.00 e. The fraction of sp³-hybridized carbons (Fsp3) is 0.306. The molecule has 1 atom stereocenters. The quantitative estimate of drug-likeness (QED) is 0.128. The number of aromatic nitrogens is 4. The molecule has 5 heteroatoms. The number of pyridine rings is 2. The van der Waals surface area contributed by atoms with Crippen LogP contribution in [0, 0.1) is 18.2 Å². The molecule has 8 rings (SSSR count). The Bertz CT molecular complexity index is 2820. The Hall–Kier alpha value is -5.74. The Morgan fingerprint density at radius 3 is 1.57 bits per heavy atom. The van der Waals surface area contributed by atoms with Crippen LogP contribution in [0.15, 0.2) is 158 Å². The summed E-state index contributed by atoms with van der Waals surface area (Å²) < 4.78 is 2.24. The SMILES string of the molecule is CC(C)(C)c1ccnc(C(C)(c2[c-]cccc2)c2cc(C(C)(C)C)cc(C(C)(C)c3[c-]cccc3)n2)c1.CC(C)c1cc(-c2ccccc2)cc(C(C)C)c1-n1ccnc1-c1[c-]cccc1.[Ir+3]. The van der Waals surface area contributed by atoms with E-state index in [0.717, 1.165) is 39.6 Å². The molecule has 8 aromatic rings. The first kappa shape index (κ1) is 50.7. The zero-order valence-electron chi connectivity index (χ0n) is 41.8. The van der Waals surface area contributed by atoms with E-state index in [0.29, 0.717) is 11.8 Å². The minimum absolute atomic E-state index is 0. The molecule has 0 amide bonds. The number of hydrogen-bond donors (Lipinski definition) is 0. The van der Waals surface area contributed by atoms with E-state index in [-0.39, 0.29) is 36.4 Å². The van der Waals surface area contributed by atoms with Crippen LogP contribution in [-0.2, 0) is 41.8 Å². The van der Waals surface area contributed by atoms with Gasteiger partial charge in [0.25, 0.3) is 0 Å². The maximum absolute atomic E-state index is 5.43. The summed E-state index contributed by atoms with van der Waals surface area (Å²) >= 11 is 0. The van der Waals surface area contributed by atoms with Gasteiger partial charge in [-0.25, -0.2) is 0 Å². The number of nitrogens with zero attached hydrogens (tertiary/aromatic N) is 4. The van der Waals surface area contributed by atoms with Gasteiger partial charge in [-0.1, -0.05) is 113 Å². The van der Waals surface area contributed by atoms with Gasteiger partial charge in [0.15, 0.2) is 0 Å². The number of hydrogen-bond acceptors (Lipinski definition) is 3. The van der Waals surface area contributed by atoms with Crippen LogP contribution in [0.1, 0.15) is 152 Å². The molecule has 0 saturated heterocycles. The normalized spacial score (nSPS) is 12.8. The van der Waals surface area contributed by atoms with Crippen molar-refractivity contribution in [3.05, 3.63) is 227 Å². The molecule has 3 heterocycles. The van der Waals surface area contributed by atoms with Crippen LogP contribution in [-0.4, -0.2) is 19.5 Å². The van der Waals surface area contributed by atoms with Crippen molar-refractivity contribution in [2.24, 2.45) is 0 Å². The van der Waals surface area contributed by atoms with Crippen LogP contribution in [0.3, 0.4) is 0 Å². The van der Waals surface area contributed by atoms with Gasteiger partial charge >= 0.3 is 20.1 Å². The zero-order valence-corrected chi connectivity index (χ0v) is 44.2. The molecule has 3 aromatic heterocycles. The third kappa shape index (κ3) is 11.0. The summed E-state index contributed by atoms with van der Waals surface area (Å²) in [4.78, 5) is 15.1. The molecule has 0 aliphatic rings. The van der Waals surface area contributed by atoms with E-state index in [1.54, 1.807) is 0 Å². The second-order valence-corrected chi connectivity index (χ2v) is 20.9. The monoisotopic (exact) mass is 1060 g/mol. The van der Waals surface area contributed by atoms with Gasteiger partial charge in [-0.3, -0.25) is 15.0 Å². The predicted molar refractivity (Wildman–Crippen MR) is 276 cm³/mol. The van der Waals surface area contributed by atoms with E-state index in [4.69, 9.17) is 9.97 Å². The Kier molecular flexibility index (Phi) is 15.6. The number of rotatable bonds is 10. The van der Waals surface area contributed by atoms with Gasteiger partial charge in [0, 0.05) is 35.4 Å². The Labute approximate surface area is 415 Å². The van der Waals surface area contributed by atoms with Crippen LogP contribution in [0.2, 0.25) is 0 Å². The van der Waals surface area contributed by atoms with Gasteiger partial charge < -0.3 is 4.57 Å². The molecule has 0 fully saturated rings. The molecular weight excluding hydrogens is 993 g/mol. The Morgan fingerprint density at radius 2 is 1.03 bits per heavy atom. The average Bonchev–Trinajstić information content (AvgIpc) is 3.81. The van der Waals surface area contributed by atoms with Gasteiger partial charge in [-0.05, 0) is 99.4 Å². The average molecular weight is 1060 g/mol. The first-order chi connectivity index (χ1) is 31.3. The fourth-order valence-corrected chi connectivity index (χ4v) is 8.59. The molecule has 344 valence electrons. The molecule has 4 nitrogen and oxygen atoms in total. The summed E-state index contributed by atoms with van der Waals surface area (Å²) in [6, 6.07) is 59.1. The maximum atomic E-state index is 5.43. The predicted octanol–water partition coefficient (Wildman–Crippen LogP) is 15.6. The molecule has 0 spiro atoms. The van der Waals surface area contributed by atoms with Gasteiger partial charge in [-0.15, -0.1) is 41.5 Å². The summed E-state index contributed by atoms with van der Waals surface area (Å²) in [5.74, 6) is 1.71. The largest absolute Gasteiger partial charge is 3.00 e. The first-order valence-corrected chi connectivity index (χ1v) is 23.5. The first-order valence-electron chi connectivity index (χ1n) is 23.5. The van der Waals surface area contributed by atoms with Crippen LogP contribution in [0.25, 0.3) is 28.2 Å². The van der Waals surface area contributed by atoms with Crippen LogP contribution >= 0.6 is 0 Å². The number of imidazole rings is 1. The van der Waals surface area contributed by atoms with Gasteiger partial charge in [-0.2, -0.15) is 66.2 Å². The van der Waals surface area contributed by atoms with Gasteiger partial charge in [0.2, 0.25) is 0 Å². The molecule has 0 aliphatic carbocycles. The minimum Gasteiger partial charge on any atom is -0.340 e. The van der Waals surface area contributed by atoms with Crippen molar-refractivity contribution in [3.63, 3.8) is 0 Å². The molecule has 67 heavy (non-hydrogen) atoms. The summed E-state index contributed by atoms with van der Waals surface area (Å²) in [7, 11) is 0. The second-order valence-electron chi connectivity index (χ2n) is 20.9. The van der Waals surface area contributed by atoms with Crippen LogP contribution in [0.4, 0.5) is 0 Å². The fourth-order valence-electron chi connectivity index (χ4n) is 8.59. The molecular formula is C62H67IrN4. The Balaban J connectivity index is 0.000000224. The van der Waals surface area contributed by atoms with Crippen molar-refractivity contribution in [3.8, 4) is 28.2 Å². The van der Waals surface area contributed by atoms with Crippen molar-refractivity contribution in [2.45, 2.75) is 124 Å². The van der Waals surface area contributed by atoms with E-state index in [1.807, 2.05) is 54.9 Å². The molecule has 0 bridgehead atoms.